The number of hydrogen-bond acceptors (Lipinski definition) is 1. The van der Waals surface area contributed by atoms with E-state index in [1.807, 2.05) is 18.5 Å². The van der Waals surface area contributed by atoms with Gasteiger partial charge in [0.25, 0.3) is 0 Å². The Bertz CT molecular complexity index is 111. The molecule has 0 spiro atoms. The monoisotopic (exact) mass is 100 g/mol. The van der Waals surface area contributed by atoms with Gasteiger partial charge in [-0.2, -0.15) is 0 Å². The number of thiazole rings is 1. The largest absolute Gasteiger partial charge is 0.232 e. The lowest BCUT2D eigenvalue weighted by atomic mass is 10.8. The first-order valence-electron chi connectivity index (χ1n) is 1.81. The van der Waals surface area contributed by atoms with Crippen molar-refractivity contribution in [2.24, 2.45) is 0 Å². The number of hydrogen-bond donors (Lipinski definition) is 0. The second kappa shape index (κ2) is 1.39. The van der Waals surface area contributed by atoms with Gasteiger partial charge in [0.1, 0.15) is 0 Å². The van der Waals surface area contributed by atoms with E-state index in [2.05, 4.69) is 4.98 Å². The summed E-state index contributed by atoms with van der Waals surface area (Å²) in [7, 11) is 0. The highest BCUT2D eigenvalue weighted by Gasteiger charge is 1.85. The van der Waals surface area contributed by atoms with Crippen molar-refractivity contribution in [1.29, 1.82) is 0 Å². The van der Waals surface area contributed by atoms with Gasteiger partial charge in [-0.15, -0.1) is 0 Å². The van der Waals surface area contributed by atoms with Crippen molar-refractivity contribution in [3.63, 3.8) is 0 Å². The van der Waals surface area contributed by atoms with E-state index in [1.54, 1.807) is 11.3 Å². The predicted molar refractivity (Wildman–Crippen MR) is 25.6 cm³/mol. The molecule has 0 aliphatic rings. The van der Waals surface area contributed by atoms with Crippen LogP contribution in [-0.4, -0.2) is 0 Å². The molecule has 0 saturated carbocycles. The molecule has 1 nitrogen and oxygen atoms in total. The zero-order chi connectivity index (χ0) is 4.41. The minimum atomic E-state index is 1.26. The van der Waals surface area contributed by atoms with Crippen LogP contribution in [0.15, 0.2) is 11.6 Å². The van der Waals surface area contributed by atoms with Gasteiger partial charge in [-0.3, -0.25) is 0 Å². The van der Waals surface area contributed by atoms with Crippen LogP contribution >= 0.6 is 11.3 Å². The highest BCUT2D eigenvalue weighted by Crippen LogP contribution is 1.93. The molecule has 0 radical (unpaired) electrons. The van der Waals surface area contributed by atoms with E-state index >= 15 is 0 Å². The van der Waals surface area contributed by atoms with Crippen LogP contribution < -0.4 is 4.98 Å². The molecule has 1 heterocycles. The fourth-order valence-electron chi connectivity index (χ4n) is 0.321. The van der Waals surface area contributed by atoms with Crippen molar-refractivity contribution in [2.45, 2.75) is 6.92 Å². The topological polar surface area (TPSA) is 14.1 Å². The van der Waals surface area contributed by atoms with Crippen molar-refractivity contribution in [1.82, 2.24) is 0 Å². The number of aromatic nitrogens is 1. The molecule has 1 N–H and O–H groups in total. The number of nitrogens with one attached hydrogen (secondary N) is 1. The average Bonchev–Trinajstić information content (AvgIpc) is 1.86. The van der Waals surface area contributed by atoms with Gasteiger partial charge in [-0.25, -0.2) is 4.98 Å². The fraction of sp³-hybridized carbons (Fsp3) is 0.250. The average molecular weight is 100 g/mol. The van der Waals surface area contributed by atoms with Crippen molar-refractivity contribution in [2.75, 3.05) is 0 Å². The molecule has 6 heavy (non-hydrogen) atoms. The second-order valence-corrected chi connectivity index (χ2v) is 2.24. The van der Waals surface area contributed by atoms with Crippen LogP contribution in [0.25, 0.3) is 0 Å². The molecule has 1 rings (SSSR count). The Morgan fingerprint density at radius 2 is 2.67 bits per heavy atom. The van der Waals surface area contributed by atoms with Crippen molar-refractivity contribution in [3.8, 4) is 0 Å². The lowest BCUT2D eigenvalue weighted by Gasteiger charge is -1.56. The Morgan fingerprint density at radius 3 is 2.83 bits per heavy atom. The third-order valence-corrected chi connectivity index (χ3v) is 1.34. The first kappa shape index (κ1) is 3.81. The molecule has 0 fully saturated rings. The summed E-state index contributed by atoms with van der Waals surface area (Å²) in [4.78, 5) is 3.02. The summed E-state index contributed by atoms with van der Waals surface area (Å²) in [5.74, 6) is 0. The summed E-state index contributed by atoms with van der Waals surface area (Å²) in [6, 6.07) is 0. The maximum Gasteiger partial charge on any atom is 0.232 e. The summed E-state index contributed by atoms with van der Waals surface area (Å²) in [5, 5.41) is 3.28. The van der Waals surface area contributed by atoms with E-state index in [1.165, 1.54) is 5.01 Å². The molecule has 0 aliphatic heterocycles. The molecule has 0 amide bonds. The molecule has 1 aromatic heterocycles. The number of aryl methyl sites for hydroxylation is 1. The van der Waals surface area contributed by atoms with Gasteiger partial charge in [-0.05, 0) is 0 Å². The quantitative estimate of drug-likeness (QED) is 0.459. The molecular formula is C4H6NS+. The van der Waals surface area contributed by atoms with E-state index < -0.39 is 0 Å². The molecule has 0 unspecified atom stereocenters. The minimum absolute atomic E-state index is 1.26. The summed E-state index contributed by atoms with van der Waals surface area (Å²) >= 11 is 1.72. The molecule has 0 saturated heterocycles. The van der Waals surface area contributed by atoms with Crippen LogP contribution in [0.1, 0.15) is 5.01 Å². The summed E-state index contributed by atoms with van der Waals surface area (Å²) < 4.78 is 0. The Morgan fingerprint density at radius 1 is 1.83 bits per heavy atom. The summed E-state index contributed by atoms with van der Waals surface area (Å²) in [6.45, 7) is 2.05. The molecule has 0 bridgehead atoms. The van der Waals surface area contributed by atoms with Crippen LogP contribution in [0.5, 0.6) is 0 Å². The van der Waals surface area contributed by atoms with Gasteiger partial charge in [0.15, 0.2) is 6.20 Å². The lowest BCUT2D eigenvalue weighted by molar-refractivity contribution is -0.379. The molecule has 2 heteroatoms. The van der Waals surface area contributed by atoms with Gasteiger partial charge in [-0.1, -0.05) is 11.3 Å². The van der Waals surface area contributed by atoms with E-state index in [0.717, 1.165) is 0 Å². The molecule has 0 aliphatic carbocycles. The number of rotatable bonds is 0. The van der Waals surface area contributed by atoms with Crippen molar-refractivity contribution in [3.05, 3.63) is 16.6 Å². The maximum atomic E-state index is 3.02. The predicted octanol–water partition coefficient (Wildman–Crippen LogP) is 0.871. The van der Waals surface area contributed by atoms with E-state index in [0.29, 0.717) is 0 Å². The summed E-state index contributed by atoms with van der Waals surface area (Å²) in [5.41, 5.74) is 0. The Labute approximate surface area is 40.7 Å². The third-order valence-electron chi connectivity index (χ3n) is 0.599. The summed E-state index contributed by atoms with van der Waals surface area (Å²) in [6.07, 6.45) is 1.93. The molecule has 0 atom stereocenters. The van der Waals surface area contributed by atoms with Gasteiger partial charge in [0, 0.05) is 6.92 Å². The number of aromatic amines is 1. The Kier molecular flexibility index (Phi) is 0.881. The highest BCUT2D eigenvalue weighted by atomic mass is 32.1. The molecule has 1 aromatic rings. The van der Waals surface area contributed by atoms with Crippen molar-refractivity contribution < 1.29 is 4.98 Å². The zero-order valence-electron chi connectivity index (χ0n) is 3.56. The van der Waals surface area contributed by atoms with Gasteiger partial charge in [0.2, 0.25) is 5.01 Å². The lowest BCUT2D eigenvalue weighted by Crippen LogP contribution is -1.95. The minimum Gasteiger partial charge on any atom is -0.206 e. The van der Waals surface area contributed by atoms with E-state index in [4.69, 9.17) is 0 Å². The van der Waals surface area contributed by atoms with Crippen LogP contribution in [0, 0.1) is 6.92 Å². The third kappa shape index (κ3) is 0.571. The highest BCUT2D eigenvalue weighted by molar-refractivity contribution is 7.09. The first-order chi connectivity index (χ1) is 2.89. The second-order valence-electron chi connectivity index (χ2n) is 1.12. The number of H-pyrrole nitrogens is 1. The van der Waals surface area contributed by atoms with Crippen LogP contribution in [0.2, 0.25) is 0 Å². The zero-order valence-corrected chi connectivity index (χ0v) is 4.38. The molecule has 0 aromatic carbocycles. The molecule has 32 valence electrons. The van der Waals surface area contributed by atoms with Gasteiger partial charge < -0.3 is 0 Å². The standard InChI is InChI=1S/C4H5NS/c1-4-5-2-3-6-4/h2-3H,1H3/p+1. The Hall–Kier alpha value is -0.370. The smallest absolute Gasteiger partial charge is 0.206 e. The molecular weight excluding hydrogens is 94.1 g/mol. The maximum absolute atomic E-state index is 3.02. The van der Waals surface area contributed by atoms with E-state index in [9.17, 15) is 0 Å². The van der Waals surface area contributed by atoms with Crippen LogP contribution in [0.3, 0.4) is 0 Å². The van der Waals surface area contributed by atoms with Gasteiger partial charge >= 0.3 is 0 Å². The van der Waals surface area contributed by atoms with E-state index in [-0.39, 0.29) is 0 Å². The van der Waals surface area contributed by atoms with Gasteiger partial charge in [0.05, 0.1) is 5.38 Å². The Balaban J connectivity index is 3.05. The fourth-order valence-corrected chi connectivity index (χ4v) is 0.798. The van der Waals surface area contributed by atoms with Crippen LogP contribution in [0.4, 0.5) is 0 Å². The SMILES string of the molecule is Cc1[nH+]ccs1. The normalized spacial score (nSPS) is 8.83. The van der Waals surface area contributed by atoms with Crippen LogP contribution in [-0.2, 0) is 0 Å². The first-order valence-corrected chi connectivity index (χ1v) is 2.69. The van der Waals surface area contributed by atoms with Crippen molar-refractivity contribution >= 4 is 11.3 Å².